The molecule has 1 aliphatic heterocycles. The zero-order chi connectivity index (χ0) is 15.1. The average molecular weight is 336 g/mol. The van der Waals surface area contributed by atoms with Crippen LogP contribution in [0, 0.1) is 0 Å². The SMILES string of the molecule is C[C@H](C(=O)N1CCS(=O)(=O)C(C)(C)C1)c1ccc(Cl)s1. The van der Waals surface area contributed by atoms with Gasteiger partial charge in [0.05, 0.1) is 20.8 Å². The predicted octanol–water partition coefficient (Wildman–Crippen LogP) is 2.54. The predicted molar refractivity (Wildman–Crippen MR) is 82.2 cm³/mol. The Kier molecular flexibility index (Phi) is 4.19. The van der Waals surface area contributed by atoms with E-state index in [9.17, 15) is 13.2 Å². The zero-order valence-electron chi connectivity index (χ0n) is 11.7. The van der Waals surface area contributed by atoms with Crippen LogP contribution in [0.3, 0.4) is 0 Å². The second-order valence-electron chi connectivity index (χ2n) is 5.70. The van der Waals surface area contributed by atoms with Crippen molar-refractivity contribution in [3.05, 3.63) is 21.3 Å². The monoisotopic (exact) mass is 335 g/mol. The molecule has 0 spiro atoms. The third kappa shape index (κ3) is 2.87. The number of carbonyl (C=O) groups is 1. The van der Waals surface area contributed by atoms with Crippen molar-refractivity contribution in [2.75, 3.05) is 18.8 Å². The minimum atomic E-state index is -3.13. The third-order valence-corrected chi connectivity index (χ3v) is 7.69. The Hall–Kier alpha value is -0.590. The van der Waals surface area contributed by atoms with Crippen molar-refractivity contribution in [1.29, 1.82) is 0 Å². The molecule has 2 heterocycles. The molecule has 1 aromatic rings. The zero-order valence-corrected chi connectivity index (χ0v) is 14.1. The minimum absolute atomic E-state index is 0.0314. The van der Waals surface area contributed by atoms with Crippen LogP contribution in [0.5, 0.6) is 0 Å². The number of hydrogen-bond acceptors (Lipinski definition) is 4. The number of hydrogen-bond donors (Lipinski definition) is 0. The smallest absolute Gasteiger partial charge is 0.230 e. The highest BCUT2D eigenvalue weighted by Crippen LogP contribution is 2.31. The molecule has 1 atom stereocenters. The van der Waals surface area contributed by atoms with Crippen molar-refractivity contribution in [1.82, 2.24) is 4.90 Å². The van der Waals surface area contributed by atoms with Gasteiger partial charge in [0, 0.05) is 18.0 Å². The lowest BCUT2D eigenvalue weighted by Gasteiger charge is -2.38. The summed E-state index contributed by atoms with van der Waals surface area (Å²) in [6.45, 7) is 5.70. The van der Waals surface area contributed by atoms with Gasteiger partial charge in [-0.15, -0.1) is 11.3 Å². The number of amides is 1. The molecular formula is C13H18ClNO3S2. The van der Waals surface area contributed by atoms with Gasteiger partial charge in [0.1, 0.15) is 0 Å². The number of nitrogens with zero attached hydrogens (tertiary/aromatic N) is 1. The summed E-state index contributed by atoms with van der Waals surface area (Å²) >= 11 is 7.28. The summed E-state index contributed by atoms with van der Waals surface area (Å²) < 4.78 is 23.7. The minimum Gasteiger partial charge on any atom is -0.340 e. The first-order valence-corrected chi connectivity index (χ1v) is 9.25. The van der Waals surface area contributed by atoms with Crippen molar-refractivity contribution in [3.8, 4) is 0 Å². The molecule has 0 radical (unpaired) electrons. The van der Waals surface area contributed by atoms with Crippen LogP contribution >= 0.6 is 22.9 Å². The number of thiophene rings is 1. The second kappa shape index (κ2) is 5.31. The van der Waals surface area contributed by atoms with Gasteiger partial charge < -0.3 is 4.90 Å². The number of rotatable bonds is 2. The number of carbonyl (C=O) groups excluding carboxylic acids is 1. The van der Waals surface area contributed by atoms with Gasteiger partial charge in [0.25, 0.3) is 0 Å². The van der Waals surface area contributed by atoms with Crippen LogP contribution in [0.25, 0.3) is 0 Å². The molecule has 0 aliphatic carbocycles. The summed E-state index contributed by atoms with van der Waals surface area (Å²) in [5.74, 6) is -0.292. The Bertz CT molecular complexity index is 621. The molecule has 4 nitrogen and oxygen atoms in total. The third-order valence-electron chi connectivity index (χ3n) is 3.75. The summed E-state index contributed by atoms with van der Waals surface area (Å²) in [6.07, 6.45) is 0. The Morgan fingerprint density at radius 1 is 1.45 bits per heavy atom. The summed E-state index contributed by atoms with van der Waals surface area (Å²) in [5, 5.41) is 0. The van der Waals surface area contributed by atoms with Gasteiger partial charge >= 0.3 is 0 Å². The lowest BCUT2D eigenvalue weighted by molar-refractivity contribution is -0.132. The normalized spacial score (nSPS) is 22.5. The molecule has 7 heteroatoms. The van der Waals surface area contributed by atoms with E-state index in [1.54, 1.807) is 24.8 Å². The molecule has 112 valence electrons. The van der Waals surface area contributed by atoms with E-state index in [-0.39, 0.29) is 30.7 Å². The van der Waals surface area contributed by atoms with E-state index in [1.165, 1.54) is 11.3 Å². The summed E-state index contributed by atoms with van der Waals surface area (Å²) in [5.41, 5.74) is 0. The highest BCUT2D eigenvalue weighted by Gasteiger charge is 2.42. The van der Waals surface area contributed by atoms with E-state index >= 15 is 0 Å². The van der Waals surface area contributed by atoms with Crippen molar-refractivity contribution >= 4 is 38.7 Å². The maximum atomic E-state index is 12.5. The molecule has 2 rings (SSSR count). The van der Waals surface area contributed by atoms with E-state index in [1.807, 2.05) is 13.0 Å². The van der Waals surface area contributed by atoms with E-state index in [0.717, 1.165) is 4.88 Å². The first kappa shape index (κ1) is 15.8. The van der Waals surface area contributed by atoms with Crippen LogP contribution < -0.4 is 0 Å². The van der Waals surface area contributed by atoms with E-state index in [0.29, 0.717) is 4.34 Å². The highest BCUT2D eigenvalue weighted by molar-refractivity contribution is 7.92. The van der Waals surface area contributed by atoms with Crippen LogP contribution in [0.15, 0.2) is 12.1 Å². The maximum Gasteiger partial charge on any atom is 0.230 e. The van der Waals surface area contributed by atoms with Crippen LogP contribution in [0.1, 0.15) is 31.6 Å². The van der Waals surface area contributed by atoms with E-state index < -0.39 is 14.6 Å². The van der Waals surface area contributed by atoms with E-state index in [4.69, 9.17) is 11.6 Å². The molecule has 1 fully saturated rings. The highest BCUT2D eigenvalue weighted by atomic mass is 35.5. The fourth-order valence-electron chi connectivity index (χ4n) is 2.29. The Morgan fingerprint density at radius 2 is 2.10 bits per heavy atom. The van der Waals surface area contributed by atoms with Gasteiger partial charge in [0.15, 0.2) is 9.84 Å². The van der Waals surface area contributed by atoms with Crippen molar-refractivity contribution < 1.29 is 13.2 Å². The van der Waals surface area contributed by atoms with Crippen LogP contribution in [0.2, 0.25) is 4.34 Å². The molecule has 1 saturated heterocycles. The lowest BCUT2D eigenvalue weighted by Crippen LogP contribution is -2.55. The van der Waals surface area contributed by atoms with Crippen molar-refractivity contribution in [2.24, 2.45) is 0 Å². The fraction of sp³-hybridized carbons (Fsp3) is 0.615. The molecule has 0 unspecified atom stereocenters. The van der Waals surface area contributed by atoms with Crippen LogP contribution in [-0.2, 0) is 14.6 Å². The van der Waals surface area contributed by atoms with Gasteiger partial charge in [-0.1, -0.05) is 11.6 Å². The van der Waals surface area contributed by atoms with Gasteiger partial charge in [-0.3, -0.25) is 4.79 Å². The summed E-state index contributed by atoms with van der Waals surface area (Å²) in [4.78, 5) is 15.1. The first-order valence-electron chi connectivity index (χ1n) is 6.40. The number of sulfone groups is 1. The standard InChI is InChI=1S/C13H18ClNO3S2/c1-9(10-4-5-11(14)19-10)12(16)15-6-7-20(17,18)13(2,3)8-15/h4-5,9H,6-8H2,1-3H3/t9-/m0/s1. The second-order valence-corrected chi connectivity index (χ2v) is 10.2. The van der Waals surface area contributed by atoms with Crippen molar-refractivity contribution in [2.45, 2.75) is 31.4 Å². The molecular weight excluding hydrogens is 318 g/mol. The van der Waals surface area contributed by atoms with Crippen LogP contribution in [-0.4, -0.2) is 42.8 Å². The van der Waals surface area contributed by atoms with Gasteiger partial charge in [-0.25, -0.2) is 8.42 Å². The number of halogens is 1. The molecule has 20 heavy (non-hydrogen) atoms. The molecule has 0 aromatic carbocycles. The van der Waals surface area contributed by atoms with Crippen molar-refractivity contribution in [3.63, 3.8) is 0 Å². The largest absolute Gasteiger partial charge is 0.340 e. The maximum absolute atomic E-state index is 12.5. The first-order chi connectivity index (χ1) is 9.14. The quantitative estimate of drug-likeness (QED) is 0.834. The van der Waals surface area contributed by atoms with Gasteiger partial charge in [-0.05, 0) is 32.9 Å². The van der Waals surface area contributed by atoms with E-state index in [2.05, 4.69) is 0 Å². The average Bonchev–Trinajstić information content (AvgIpc) is 2.77. The van der Waals surface area contributed by atoms with Gasteiger partial charge in [0.2, 0.25) is 5.91 Å². The summed E-state index contributed by atoms with van der Waals surface area (Å²) in [6, 6.07) is 3.62. The molecule has 1 aliphatic rings. The molecule has 0 saturated carbocycles. The topological polar surface area (TPSA) is 54.5 Å². The molecule has 0 N–H and O–H groups in total. The molecule has 1 amide bonds. The molecule has 1 aromatic heterocycles. The van der Waals surface area contributed by atoms with Gasteiger partial charge in [-0.2, -0.15) is 0 Å². The Labute approximate surface area is 128 Å². The fourth-order valence-corrected chi connectivity index (χ4v) is 4.76. The Morgan fingerprint density at radius 3 is 2.60 bits per heavy atom. The molecule has 0 bridgehead atoms. The summed E-state index contributed by atoms with van der Waals surface area (Å²) in [7, 11) is -3.13. The Balaban J connectivity index is 2.15. The van der Waals surface area contributed by atoms with Crippen LogP contribution in [0.4, 0.5) is 0 Å². The lowest BCUT2D eigenvalue weighted by atomic mass is 10.1.